The number of aliphatic hydroxyl groups excluding tert-OH is 2. The number of rotatable bonds is 17. The van der Waals surface area contributed by atoms with Crippen molar-refractivity contribution in [2.45, 2.75) is 108 Å². The summed E-state index contributed by atoms with van der Waals surface area (Å²) >= 11 is 0. The van der Waals surface area contributed by atoms with Crippen molar-refractivity contribution < 1.29 is 82.0 Å². The highest BCUT2D eigenvalue weighted by atomic mass is 33.1. The molecule has 18 nitrogen and oxygen atoms in total. The smallest absolute Gasteiger partial charge is 0.455 e. The van der Waals surface area contributed by atoms with Crippen molar-refractivity contribution in [3.63, 3.8) is 0 Å². The van der Waals surface area contributed by atoms with Crippen molar-refractivity contribution in [3.8, 4) is 0 Å². The Labute approximate surface area is 424 Å². The van der Waals surface area contributed by atoms with E-state index in [1.165, 1.54) is 59.7 Å². The molecule has 72 heavy (non-hydrogen) atoms. The summed E-state index contributed by atoms with van der Waals surface area (Å²) in [7, 11) is 2.67. The summed E-state index contributed by atoms with van der Waals surface area (Å²) in [5.74, 6) is -6.42. The van der Waals surface area contributed by atoms with Gasteiger partial charge < -0.3 is 53.8 Å². The SMILES string of the molecule is CC(=O)O[C@H]1C(=O)[C@@]2(C)[C@H]([C@H](OC(=O)c3ccccc3)[C@]3(O)CC(OC(=O)[C@H](OC(=O)OCCSSCCO)C(NC(=O)c4ccccc4)c4ccccc4)C(C)=C1C3(C)C)[C@]1(OC(C)=O)CO[C@@H]1C[C@@H]2O. The molecule has 3 aromatic rings. The van der Waals surface area contributed by atoms with Gasteiger partial charge in [-0.3, -0.25) is 19.2 Å². The largest absolute Gasteiger partial charge is 0.509 e. The second-order valence-corrected chi connectivity index (χ2v) is 21.6. The minimum Gasteiger partial charge on any atom is -0.455 e. The molecule has 2 bridgehead atoms. The molecule has 1 saturated heterocycles. The van der Waals surface area contributed by atoms with Gasteiger partial charge in [-0.2, -0.15) is 0 Å². The molecule has 2 saturated carbocycles. The van der Waals surface area contributed by atoms with Gasteiger partial charge in [0, 0.05) is 49.2 Å². The van der Waals surface area contributed by atoms with E-state index >= 15 is 9.59 Å². The van der Waals surface area contributed by atoms with Gasteiger partial charge in [-0.25, -0.2) is 14.4 Å². The number of amides is 1. The van der Waals surface area contributed by atoms with Gasteiger partial charge in [0.1, 0.15) is 36.6 Å². The molecular formula is C52H59NO17S2. The van der Waals surface area contributed by atoms with Crippen LogP contribution in [0.25, 0.3) is 0 Å². The third-order valence-corrected chi connectivity index (χ3v) is 16.7. The topological polar surface area (TPSA) is 257 Å². The van der Waals surface area contributed by atoms with Gasteiger partial charge >= 0.3 is 30.0 Å². The number of nitrogens with one attached hydrogen (secondary N) is 1. The molecule has 386 valence electrons. The summed E-state index contributed by atoms with van der Waals surface area (Å²) in [5, 5.41) is 38.1. The Kier molecular flexibility index (Phi) is 16.6. The first-order valence-electron chi connectivity index (χ1n) is 23.4. The zero-order chi connectivity index (χ0) is 52.2. The summed E-state index contributed by atoms with van der Waals surface area (Å²) in [6.07, 6.45) is -12.2. The van der Waals surface area contributed by atoms with E-state index in [-0.39, 0.29) is 54.3 Å². The average molecular weight is 1030 g/mol. The Hall–Kier alpha value is -5.77. The van der Waals surface area contributed by atoms with Crippen LogP contribution in [0.15, 0.2) is 102 Å². The molecule has 7 rings (SSSR count). The molecule has 0 aromatic heterocycles. The lowest BCUT2D eigenvalue weighted by Gasteiger charge is -2.67. The molecule has 1 amide bonds. The van der Waals surface area contributed by atoms with Crippen LogP contribution < -0.4 is 5.32 Å². The van der Waals surface area contributed by atoms with Crippen LogP contribution in [0.1, 0.15) is 86.7 Å². The summed E-state index contributed by atoms with van der Waals surface area (Å²) in [5.41, 5.74) is -7.56. The van der Waals surface area contributed by atoms with Crippen LogP contribution in [0.3, 0.4) is 0 Å². The Morgan fingerprint density at radius 3 is 2.03 bits per heavy atom. The number of carbonyl (C=O) groups is 7. The zero-order valence-corrected chi connectivity index (χ0v) is 42.2. The highest BCUT2D eigenvalue weighted by molar-refractivity contribution is 8.76. The number of aliphatic hydroxyl groups is 3. The van der Waals surface area contributed by atoms with Crippen LogP contribution in [0.5, 0.6) is 0 Å². The first-order chi connectivity index (χ1) is 34.2. The molecule has 2 unspecified atom stereocenters. The van der Waals surface area contributed by atoms with E-state index in [0.29, 0.717) is 11.3 Å². The van der Waals surface area contributed by atoms with Crippen LogP contribution >= 0.6 is 21.6 Å². The number of ether oxygens (including phenoxy) is 7. The molecule has 1 heterocycles. The molecular weight excluding hydrogens is 975 g/mol. The Balaban J connectivity index is 1.39. The zero-order valence-electron chi connectivity index (χ0n) is 40.6. The lowest BCUT2D eigenvalue weighted by atomic mass is 9.44. The van der Waals surface area contributed by atoms with E-state index in [1.807, 2.05) is 0 Å². The van der Waals surface area contributed by atoms with Gasteiger partial charge in [-0.05, 0) is 54.8 Å². The first-order valence-corrected chi connectivity index (χ1v) is 25.9. The number of hydrogen-bond acceptors (Lipinski definition) is 19. The number of fused-ring (bicyclic) bond motifs is 5. The molecule has 0 spiro atoms. The fourth-order valence-corrected chi connectivity index (χ4v) is 12.3. The van der Waals surface area contributed by atoms with Gasteiger partial charge in [0.2, 0.25) is 6.10 Å². The number of ketones is 1. The van der Waals surface area contributed by atoms with Gasteiger partial charge in [-0.15, -0.1) is 0 Å². The monoisotopic (exact) mass is 1030 g/mol. The van der Waals surface area contributed by atoms with E-state index in [0.717, 1.165) is 13.8 Å². The first kappa shape index (κ1) is 54.0. The minimum absolute atomic E-state index is 0.0377. The Morgan fingerprint density at radius 1 is 0.833 bits per heavy atom. The third kappa shape index (κ3) is 10.4. The van der Waals surface area contributed by atoms with Gasteiger partial charge in [0.05, 0.1) is 36.2 Å². The van der Waals surface area contributed by atoms with E-state index in [9.17, 15) is 34.2 Å². The van der Waals surface area contributed by atoms with Crippen LogP contribution in [0.2, 0.25) is 0 Å². The summed E-state index contributed by atoms with van der Waals surface area (Å²) in [4.78, 5) is 99.2. The van der Waals surface area contributed by atoms with Gasteiger partial charge in [-0.1, -0.05) is 102 Å². The lowest BCUT2D eigenvalue weighted by Crippen LogP contribution is -2.82. The van der Waals surface area contributed by atoms with Gasteiger partial charge in [0.15, 0.2) is 17.5 Å². The second-order valence-electron chi connectivity index (χ2n) is 18.9. The van der Waals surface area contributed by atoms with Crippen molar-refractivity contribution in [2.24, 2.45) is 16.7 Å². The highest BCUT2D eigenvalue weighted by Crippen LogP contribution is 2.64. The Morgan fingerprint density at radius 2 is 1.44 bits per heavy atom. The molecule has 3 aliphatic carbocycles. The Bertz CT molecular complexity index is 2550. The maximum Gasteiger partial charge on any atom is 0.509 e. The van der Waals surface area contributed by atoms with Crippen LogP contribution in [0, 0.1) is 16.7 Å². The lowest BCUT2D eigenvalue weighted by molar-refractivity contribution is -0.346. The average Bonchev–Trinajstić information content (AvgIpc) is 3.35. The quantitative estimate of drug-likeness (QED) is 0.0441. The predicted molar refractivity (Wildman–Crippen MR) is 260 cm³/mol. The van der Waals surface area contributed by atoms with E-state index in [1.54, 1.807) is 80.6 Å². The maximum absolute atomic E-state index is 15.7. The second kappa shape index (κ2) is 22.1. The van der Waals surface area contributed by atoms with Crippen LogP contribution in [-0.2, 0) is 52.3 Å². The molecule has 3 aromatic carbocycles. The summed E-state index contributed by atoms with van der Waals surface area (Å²) in [6.45, 7) is 7.60. The van der Waals surface area contributed by atoms with Crippen LogP contribution in [-0.4, -0.2) is 136 Å². The molecule has 20 heteroatoms. The van der Waals surface area contributed by atoms with Crippen molar-refractivity contribution in [2.75, 3.05) is 31.3 Å². The highest BCUT2D eigenvalue weighted by Gasteiger charge is 2.78. The van der Waals surface area contributed by atoms with Crippen molar-refractivity contribution in [1.82, 2.24) is 5.32 Å². The van der Waals surface area contributed by atoms with Gasteiger partial charge in [0.25, 0.3) is 5.91 Å². The van der Waals surface area contributed by atoms with E-state index in [4.69, 9.17) is 38.3 Å². The fourth-order valence-electron chi connectivity index (χ4n) is 10.7. The molecule has 3 fully saturated rings. The normalized spacial score (nSPS) is 28.9. The molecule has 11 atom stereocenters. The van der Waals surface area contributed by atoms with Crippen molar-refractivity contribution in [3.05, 3.63) is 119 Å². The van der Waals surface area contributed by atoms with Crippen molar-refractivity contribution >= 4 is 63.3 Å². The van der Waals surface area contributed by atoms with Crippen LogP contribution in [0.4, 0.5) is 4.79 Å². The number of Topliss-reactive ketones (excluding diaryl/α,β-unsaturated/α-hetero) is 1. The standard InChI is InChI=1S/C52H59NO17S2/c1-29-35(67-47(61)41(68-48(62)64-23-25-72-71-24-22-54)39(32-16-10-7-11-17-32)53-45(59)33-18-12-8-13-19-33)27-52(63)44(69-46(60)34-20-14-9-15-21-34)42-50(6,36(57)26-37-51(42,28-65-37)70-31(3)56)43(58)40(66-30(2)55)38(29)49(52,4)5/h7-21,35-37,39-42,44,54,57,63H,22-28H2,1-6H3,(H,53,59)/t35?,36-,37+,39?,40+,41+,42-,44-,50+,51-,52+/m0/s1. The maximum atomic E-state index is 15.7. The molecule has 4 aliphatic rings. The molecule has 4 N–H and O–H groups in total. The third-order valence-electron chi connectivity index (χ3n) is 14.3. The predicted octanol–water partition coefficient (Wildman–Crippen LogP) is 5.27. The van der Waals surface area contributed by atoms with Crippen molar-refractivity contribution in [1.29, 1.82) is 0 Å². The fraction of sp³-hybridized carbons (Fsp3) is 0.481. The number of esters is 4. The summed E-state index contributed by atoms with van der Waals surface area (Å²) in [6, 6.07) is 22.5. The summed E-state index contributed by atoms with van der Waals surface area (Å²) < 4.78 is 41.9. The number of carbonyl (C=O) groups excluding carboxylic acids is 7. The number of hydrogen-bond donors (Lipinski definition) is 4. The minimum atomic E-state index is -2.48. The molecule has 0 radical (unpaired) electrons. The van der Waals surface area contributed by atoms with E-state index < -0.39 is 119 Å². The number of benzene rings is 3. The molecule has 1 aliphatic heterocycles. The van der Waals surface area contributed by atoms with E-state index in [2.05, 4.69) is 5.32 Å².